The van der Waals surface area contributed by atoms with Crippen LogP contribution in [0.4, 0.5) is 5.69 Å². The SMILES string of the molecule is CN(C)CCCNc1ccc2c(c1)OCCO2. The molecule has 1 aliphatic rings. The van der Waals surface area contributed by atoms with Crippen molar-refractivity contribution in [3.05, 3.63) is 18.2 Å². The van der Waals surface area contributed by atoms with Gasteiger partial charge in [0.15, 0.2) is 11.5 Å². The summed E-state index contributed by atoms with van der Waals surface area (Å²) in [5, 5.41) is 3.39. The number of rotatable bonds is 5. The molecule has 1 heterocycles. The van der Waals surface area contributed by atoms with Gasteiger partial charge in [-0.1, -0.05) is 0 Å². The number of hydrogen-bond acceptors (Lipinski definition) is 4. The molecule has 0 amide bonds. The van der Waals surface area contributed by atoms with Gasteiger partial charge in [-0.3, -0.25) is 0 Å². The molecule has 2 rings (SSSR count). The first-order chi connectivity index (χ1) is 8.25. The first-order valence-corrected chi connectivity index (χ1v) is 6.04. The monoisotopic (exact) mass is 236 g/mol. The third kappa shape index (κ3) is 3.53. The molecule has 1 aliphatic heterocycles. The Balaban J connectivity index is 1.85. The third-order valence-corrected chi connectivity index (χ3v) is 2.65. The molecule has 0 fully saturated rings. The van der Waals surface area contributed by atoms with Crippen molar-refractivity contribution in [2.75, 3.05) is 45.7 Å². The van der Waals surface area contributed by atoms with E-state index in [0.717, 1.165) is 36.7 Å². The lowest BCUT2D eigenvalue weighted by Gasteiger charge is -2.19. The molecule has 4 heteroatoms. The number of hydrogen-bond donors (Lipinski definition) is 1. The van der Waals surface area contributed by atoms with Crippen LogP contribution in [0.5, 0.6) is 11.5 Å². The lowest BCUT2D eigenvalue weighted by atomic mass is 10.2. The normalized spacial score (nSPS) is 13.8. The number of nitrogens with zero attached hydrogens (tertiary/aromatic N) is 1. The fraction of sp³-hybridized carbons (Fsp3) is 0.538. The molecule has 0 bridgehead atoms. The Labute approximate surface area is 103 Å². The van der Waals surface area contributed by atoms with Gasteiger partial charge in [0, 0.05) is 18.3 Å². The molecule has 0 unspecified atom stereocenters. The van der Waals surface area contributed by atoms with Crippen LogP contribution in [-0.4, -0.2) is 45.3 Å². The molecule has 0 aromatic heterocycles. The highest BCUT2D eigenvalue weighted by atomic mass is 16.6. The third-order valence-electron chi connectivity index (χ3n) is 2.65. The Kier molecular flexibility index (Phi) is 4.09. The first kappa shape index (κ1) is 12.0. The molecule has 4 nitrogen and oxygen atoms in total. The molecule has 0 saturated heterocycles. The topological polar surface area (TPSA) is 33.7 Å². The summed E-state index contributed by atoms with van der Waals surface area (Å²) in [6, 6.07) is 6.00. The van der Waals surface area contributed by atoms with E-state index in [9.17, 15) is 0 Å². The van der Waals surface area contributed by atoms with E-state index in [-0.39, 0.29) is 0 Å². The van der Waals surface area contributed by atoms with Crippen LogP contribution in [-0.2, 0) is 0 Å². The molecule has 0 spiro atoms. The zero-order valence-corrected chi connectivity index (χ0v) is 10.5. The zero-order chi connectivity index (χ0) is 12.1. The van der Waals surface area contributed by atoms with Gasteiger partial charge in [-0.2, -0.15) is 0 Å². The number of ether oxygens (including phenoxy) is 2. The zero-order valence-electron chi connectivity index (χ0n) is 10.5. The quantitative estimate of drug-likeness (QED) is 0.791. The highest BCUT2D eigenvalue weighted by Crippen LogP contribution is 2.32. The molecule has 0 saturated carbocycles. The molecule has 0 atom stereocenters. The largest absolute Gasteiger partial charge is 0.486 e. The van der Waals surface area contributed by atoms with Crippen molar-refractivity contribution < 1.29 is 9.47 Å². The Morgan fingerprint density at radius 2 is 1.94 bits per heavy atom. The highest BCUT2D eigenvalue weighted by Gasteiger charge is 2.11. The summed E-state index contributed by atoms with van der Waals surface area (Å²) in [5.74, 6) is 1.68. The Bertz CT molecular complexity index is 366. The van der Waals surface area contributed by atoms with E-state index in [0.29, 0.717) is 13.2 Å². The smallest absolute Gasteiger partial charge is 0.163 e. The molecular formula is C13H20N2O2. The number of anilines is 1. The van der Waals surface area contributed by atoms with Crippen LogP contribution < -0.4 is 14.8 Å². The summed E-state index contributed by atoms with van der Waals surface area (Å²) < 4.78 is 11.0. The second-order valence-corrected chi connectivity index (χ2v) is 4.44. The van der Waals surface area contributed by atoms with E-state index in [1.165, 1.54) is 0 Å². The second-order valence-electron chi connectivity index (χ2n) is 4.44. The van der Waals surface area contributed by atoms with Gasteiger partial charge in [0.25, 0.3) is 0 Å². The van der Waals surface area contributed by atoms with Crippen molar-refractivity contribution in [1.29, 1.82) is 0 Å². The highest BCUT2D eigenvalue weighted by molar-refractivity contribution is 5.55. The van der Waals surface area contributed by atoms with Crippen molar-refractivity contribution in [3.63, 3.8) is 0 Å². The van der Waals surface area contributed by atoms with Gasteiger partial charge in [-0.05, 0) is 39.2 Å². The van der Waals surface area contributed by atoms with Crippen molar-refractivity contribution in [1.82, 2.24) is 4.90 Å². The van der Waals surface area contributed by atoms with Crippen molar-refractivity contribution in [2.24, 2.45) is 0 Å². The van der Waals surface area contributed by atoms with Crippen LogP contribution in [0, 0.1) is 0 Å². The minimum atomic E-state index is 0.636. The van der Waals surface area contributed by atoms with E-state index in [1.807, 2.05) is 18.2 Å². The van der Waals surface area contributed by atoms with Crippen LogP contribution in [0.1, 0.15) is 6.42 Å². The standard InChI is InChI=1S/C13H20N2O2/c1-15(2)7-3-6-14-11-4-5-12-13(10-11)17-9-8-16-12/h4-5,10,14H,3,6-9H2,1-2H3. The maximum Gasteiger partial charge on any atom is 0.163 e. The molecule has 1 aromatic carbocycles. The van der Waals surface area contributed by atoms with Crippen molar-refractivity contribution in [2.45, 2.75) is 6.42 Å². The van der Waals surface area contributed by atoms with E-state index in [4.69, 9.17) is 9.47 Å². The van der Waals surface area contributed by atoms with Gasteiger partial charge in [-0.15, -0.1) is 0 Å². The van der Waals surface area contributed by atoms with Crippen LogP contribution >= 0.6 is 0 Å². The van der Waals surface area contributed by atoms with Crippen LogP contribution in [0.2, 0.25) is 0 Å². The summed E-state index contributed by atoms with van der Waals surface area (Å²) >= 11 is 0. The van der Waals surface area contributed by atoms with E-state index in [1.54, 1.807) is 0 Å². The Morgan fingerprint density at radius 1 is 1.18 bits per heavy atom. The van der Waals surface area contributed by atoms with Gasteiger partial charge in [0.05, 0.1) is 0 Å². The molecule has 0 radical (unpaired) electrons. The predicted octanol–water partition coefficient (Wildman–Crippen LogP) is 1.82. The van der Waals surface area contributed by atoms with Gasteiger partial charge in [0.2, 0.25) is 0 Å². The van der Waals surface area contributed by atoms with Crippen LogP contribution in [0.15, 0.2) is 18.2 Å². The summed E-state index contributed by atoms with van der Waals surface area (Å²) in [7, 11) is 4.17. The first-order valence-electron chi connectivity index (χ1n) is 6.04. The van der Waals surface area contributed by atoms with Gasteiger partial charge in [0.1, 0.15) is 13.2 Å². The molecule has 0 aliphatic carbocycles. The van der Waals surface area contributed by atoms with Crippen LogP contribution in [0.3, 0.4) is 0 Å². The van der Waals surface area contributed by atoms with Crippen molar-refractivity contribution in [3.8, 4) is 11.5 Å². The van der Waals surface area contributed by atoms with E-state index < -0.39 is 0 Å². The maximum atomic E-state index is 5.54. The molecule has 1 N–H and O–H groups in total. The summed E-state index contributed by atoms with van der Waals surface area (Å²) in [5.41, 5.74) is 1.09. The molecule has 1 aromatic rings. The molecule has 17 heavy (non-hydrogen) atoms. The summed E-state index contributed by atoms with van der Waals surface area (Å²) in [6.07, 6.45) is 1.13. The number of benzene rings is 1. The fourth-order valence-corrected chi connectivity index (χ4v) is 1.78. The van der Waals surface area contributed by atoms with Crippen molar-refractivity contribution >= 4 is 5.69 Å². The van der Waals surface area contributed by atoms with Gasteiger partial charge >= 0.3 is 0 Å². The molecular weight excluding hydrogens is 216 g/mol. The number of nitrogens with one attached hydrogen (secondary N) is 1. The number of fused-ring (bicyclic) bond motifs is 1. The molecule has 94 valence electrons. The Morgan fingerprint density at radius 3 is 2.71 bits per heavy atom. The summed E-state index contributed by atoms with van der Waals surface area (Å²) in [4.78, 5) is 2.19. The van der Waals surface area contributed by atoms with Crippen LogP contribution in [0.25, 0.3) is 0 Å². The minimum Gasteiger partial charge on any atom is -0.486 e. The van der Waals surface area contributed by atoms with Gasteiger partial charge < -0.3 is 19.7 Å². The predicted molar refractivity (Wildman–Crippen MR) is 69.1 cm³/mol. The lowest BCUT2D eigenvalue weighted by molar-refractivity contribution is 0.171. The fourth-order valence-electron chi connectivity index (χ4n) is 1.78. The second kappa shape index (κ2) is 5.77. The van der Waals surface area contributed by atoms with E-state index in [2.05, 4.69) is 24.3 Å². The minimum absolute atomic E-state index is 0.636. The maximum absolute atomic E-state index is 5.54. The lowest BCUT2D eigenvalue weighted by Crippen LogP contribution is -2.17. The average molecular weight is 236 g/mol. The van der Waals surface area contributed by atoms with E-state index >= 15 is 0 Å². The Hall–Kier alpha value is -1.42. The average Bonchev–Trinajstić information content (AvgIpc) is 2.34. The van der Waals surface area contributed by atoms with Gasteiger partial charge in [-0.25, -0.2) is 0 Å². The summed E-state index contributed by atoms with van der Waals surface area (Å²) in [6.45, 7) is 3.34.